The quantitative estimate of drug-likeness (QED) is 0.894. The number of carboxylic acids is 1. The van der Waals surface area contributed by atoms with Crippen LogP contribution in [0.25, 0.3) is 0 Å². The number of aliphatic carboxylic acids is 1. The fourth-order valence-corrected chi connectivity index (χ4v) is 2.63. The van der Waals surface area contributed by atoms with Gasteiger partial charge in [-0.05, 0) is 37.5 Å². The molecule has 5 heteroatoms. The number of rotatable bonds is 4. The van der Waals surface area contributed by atoms with E-state index in [4.69, 9.17) is 0 Å². The van der Waals surface area contributed by atoms with E-state index >= 15 is 0 Å². The van der Waals surface area contributed by atoms with Gasteiger partial charge in [-0.3, -0.25) is 9.59 Å². The van der Waals surface area contributed by atoms with E-state index in [-0.39, 0.29) is 12.5 Å². The van der Waals surface area contributed by atoms with Gasteiger partial charge in [-0.25, -0.2) is 0 Å². The number of carbonyl (C=O) groups excluding carboxylic acids is 1. The molecule has 1 amide bonds. The molecule has 0 aromatic heterocycles. The standard InChI is InChI=1S/C14H16BrNO3/c1-9-10(4-2-5-11(9)15)12(17)16-8-14(13(18)19)6-3-7-14/h2,4-5H,3,6-8H2,1H3,(H,16,17)(H,18,19). The maximum Gasteiger partial charge on any atom is 0.311 e. The Hall–Kier alpha value is -1.36. The number of carboxylic acid groups (broad SMARTS) is 1. The van der Waals surface area contributed by atoms with Gasteiger partial charge in [0.25, 0.3) is 5.91 Å². The summed E-state index contributed by atoms with van der Waals surface area (Å²) in [5.41, 5.74) is 0.683. The zero-order valence-corrected chi connectivity index (χ0v) is 12.3. The molecule has 1 saturated carbocycles. The van der Waals surface area contributed by atoms with Crippen LogP contribution in [0.5, 0.6) is 0 Å². The lowest BCUT2D eigenvalue weighted by Crippen LogP contribution is -2.47. The van der Waals surface area contributed by atoms with Crippen molar-refractivity contribution in [2.45, 2.75) is 26.2 Å². The van der Waals surface area contributed by atoms with E-state index in [1.807, 2.05) is 13.0 Å². The van der Waals surface area contributed by atoms with Crippen LogP contribution < -0.4 is 5.32 Å². The molecule has 1 fully saturated rings. The minimum Gasteiger partial charge on any atom is -0.481 e. The van der Waals surface area contributed by atoms with Crippen LogP contribution in [-0.4, -0.2) is 23.5 Å². The van der Waals surface area contributed by atoms with Crippen molar-refractivity contribution in [1.82, 2.24) is 5.32 Å². The summed E-state index contributed by atoms with van der Waals surface area (Å²) in [6, 6.07) is 5.41. The first kappa shape index (κ1) is 14.1. The van der Waals surface area contributed by atoms with E-state index in [0.29, 0.717) is 18.4 Å². The van der Waals surface area contributed by atoms with Gasteiger partial charge in [0, 0.05) is 16.6 Å². The van der Waals surface area contributed by atoms with Gasteiger partial charge in [-0.1, -0.05) is 28.4 Å². The van der Waals surface area contributed by atoms with Crippen LogP contribution in [0.1, 0.15) is 35.2 Å². The summed E-state index contributed by atoms with van der Waals surface area (Å²) in [5, 5.41) is 12.0. The Morgan fingerprint density at radius 3 is 2.63 bits per heavy atom. The molecule has 1 aliphatic carbocycles. The summed E-state index contributed by atoms with van der Waals surface area (Å²) in [5.74, 6) is -1.03. The zero-order chi connectivity index (χ0) is 14.0. The predicted octanol–water partition coefficient (Wildman–Crippen LogP) is 2.74. The summed E-state index contributed by atoms with van der Waals surface area (Å²) in [6.45, 7) is 2.06. The highest BCUT2D eigenvalue weighted by Crippen LogP contribution is 2.40. The van der Waals surface area contributed by atoms with Crippen molar-refractivity contribution >= 4 is 27.8 Å². The van der Waals surface area contributed by atoms with Crippen LogP contribution in [0.3, 0.4) is 0 Å². The minimum atomic E-state index is -0.815. The topological polar surface area (TPSA) is 66.4 Å². The molecule has 0 radical (unpaired) electrons. The number of halogens is 1. The Labute approximate surface area is 120 Å². The van der Waals surface area contributed by atoms with E-state index in [0.717, 1.165) is 16.5 Å². The van der Waals surface area contributed by atoms with Crippen molar-refractivity contribution in [3.8, 4) is 0 Å². The largest absolute Gasteiger partial charge is 0.481 e. The third kappa shape index (κ3) is 2.66. The first-order valence-electron chi connectivity index (χ1n) is 6.23. The molecule has 0 bridgehead atoms. The van der Waals surface area contributed by atoms with Crippen molar-refractivity contribution in [3.05, 3.63) is 33.8 Å². The maximum atomic E-state index is 12.1. The van der Waals surface area contributed by atoms with Gasteiger partial charge in [0.15, 0.2) is 0 Å². The number of nitrogens with one attached hydrogen (secondary N) is 1. The van der Waals surface area contributed by atoms with E-state index in [1.54, 1.807) is 12.1 Å². The monoisotopic (exact) mass is 325 g/mol. The van der Waals surface area contributed by atoms with Crippen molar-refractivity contribution < 1.29 is 14.7 Å². The molecule has 0 saturated heterocycles. The molecule has 0 atom stereocenters. The van der Waals surface area contributed by atoms with Gasteiger partial charge < -0.3 is 10.4 Å². The molecule has 1 aromatic carbocycles. The second-order valence-electron chi connectivity index (χ2n) is 5.03. The molecule has 0 heterocycles. The third-order valence-electron chi connectivity index (χ3n) is 3.86. The average Bonchev–Trinajstić information content (AvgIpc) is 2.30. The van der Waals surface area contributed by atoms with Crippen LogP contribution in [0.4, 0.5) is 0 Å². The third-order valence-corrected chi connectivity index (χ3v) is 4.72. The lowest BCUT2D eigenvalue weighted by Gasteiger charge is -2.37. The molecule has 0 unspecified atom stereocenters. The molecule has 102 valence electrons. The molecular formula is C14H16BrNO3. The first-order chi connectivity index (χ1) is 8.96. The second-order valence-corrected chi connectivity index (χ2v) is 5.89. The number of amides is 1. The highest BCUT2D eigenvalue weighted by molar-refractivity contribution is 9.10. The predicted molar refractivity (Wildman–Crippen MR) is 75.1 cm³/mol. The molecular weight excluding hydrogens is 310 g/mol. The Morgan fingerprint density at radius 2 is 2.11 bits per heavy atom. The van der Waals surface area contributed by atoms with Gasteiger partial charge in [0.2, 0.25) is 0 Å². The molecule has 4 nitrogen and oxygen atoms in total. The molecule has 1 aromatic rings. The molecule has 2 N–H and O–H groups in total. The summed E-state index contributed by atoms with van der Waals surface area (Å²) in [6.07, 6.45) is 2.19. The van der Waals surface area contributed by atoms with Gasteiger partial charge in [-0.2, -0.15) is 0 Å². The van der Waals surface area contributed by atoms with Gasteiger partial charge in [-0.15, -0.1) is 0 Å². The van der Waals surface area contributed by atoms with Crippen molar-refractivity contribution in [3.63, 3.8) is 0 Å². The lowest BCUT2D eigenvalue weighted by molar-refractivity contribution is -0.153. The Balaban J connectivity index is 2.06. The van der Waals surface area contributed by atoms with Crippen LogP contribution in [-0.2, 0) is 4.79 Å². The minimum absolute atomic E-state index is 0.202. The van der Waals surface area contributed by atoms with E-state index in [2.05, 4.69) is 21.2 Å². The zero-order valence-electron chi connectivity index (χ0n) is 10.7. The first-order valence-corrected chi connectivity index (χ1v) is 7.02. The number of benzene rings is 1. The van der Waals surface area contributed by atoms with Crippen LogP contribution >= 0.6 is 15.9 Å². The second kappa shape index (κ2) is 5.33. The van der Waals surface area contributed by atoms with E-state index in [1.165, 1.54) is 0 Å². The molecule has 2 rings (SSSR count). The summed E-state index contributed by atoms with van der Waals surface area (Å²) < 4.78 is 0.872. The molecule has 19 heavy (non-hydrogen) atoms. The lowest BCUT2D eigenvalue weighted by atomic mass is 9.69. The Kier molecular flexibility index (Phi) is 3.94. The van der Waals surface area contributed by atoms with E-state index in [9.17, 15) is 14.7 Å². The van der Waals surface area contributed by atoms with Crippen LogP contribution in [0, 0.1) is 12.3 Å². The Morgan fingerprint density at radius 1 is 1.42 bits per heavy atom. The fraction of sp³-hybridized carbons (Fsp3) is 0.429. The van der Waals surface area contributed by atoms with E-state index < -0.39 is 11.4 Å². The number of hydrogen-bond acceptors (Lipinski definition) is 2. The molecule has 1 aliphatic rings. The highest BCUT2D eigenvalue weighted by atomic mass is 79.9. The van der Waals surface area contributed by atoms with Gasteiger partial charge in [0.1, 0.15) is 0 Å². The maximum absolute atomic E-state index is 12.1. The normalized spacial score (nSPS) is 16.5. The van der Waals surface area contributed by atoms with Crippen LogP contribution in [0.2, 0.25) is 0 Å². The van der Waals surface area contributed by atoms with Crippen molar-refractivity contribution in [2.24, 2.45) is 5.41 Å². The summed E-state index contributed by atoms with van der Waals surface area (Å²) >= 11 is 3.38. The van der Waals surface area contributed by atoms with Gasteiger partial charge >= 0.3 is 5.97 Å². The molecule has 0 spiro atoms. The average molecular weight is 326 g/mol. The summed E-state index contributed by atoms with van der Waals surface area (Å²) in [4.78, 5) is 23.3. The van der Waals surface area contributed by atoms with Gasteiger partial charge in [0.05, 0.1) is 5.41 Å². The fourth-order valence-electron chi connectivity index (χ4n) is 2.27. The SMILES string of the molecule is Cc1c(Br)cccc1C(=O)NCC1(C(=O)O)CCC1. The summed E-state index contributed by atoms with van der Waals surface area (Å²) in [7, 11) is 0. The highest BCUT2D eigenvalue weighted by Gasteiger charge is 2.44. The molecule has 0 aliphatic heterocycles. The van der Waals surface area contributed by atoms with Crippen molar-refractivity contribution in [1.29, 1.82) is 0 Å². The smallest absolute Gasteiger partial charge is 0.311 e. The Bertz CT molecular complexity index is 523. The number of hydrogen-bond donors (Lipinski definition) is 2. The number of carbonyl (C=O) groups is 2. The van der Waals surface area contributed by atoms with Crippen LogP contribution in [0.15, 0.2) is 22.7 Å². The van der Waals surface area contributed by atoms with Crippen molar-refractivity contribution in [2.75, 3.05) is 6.54 Å².